The van der Waals surface area contributed by atoms with Gasteiger partial charge in [0.2, 0.25) is 0 Å². The van der Waals surface area contributed by atoms with E-state index in [-0.39, 0.29) is 0 Å². The molecule has 1 atom stereocenters. The number of alkyl halides is 1. The van der Waals surface area contributed by atoms with Crippen LogP contribution in [0.15, 0.2) is 51.4 Å². The molecule has 3 heteroatoms. The van der Waals surface area contributed by atoms with E-state index in [0.29, 0.717) is 4.83 Å². The first-order valence-corrected chi connectivity index (χ1v) is 8.21. The molecule has 2 rings (SSSR count). The highest BCUT2D eigenvalue weighted by atomic mass is 79.9. The van der Waals surface area contributed by atoms with Gasteiger partial charge in [0.1, 0.15) is 0 Å². The minimum Gasteiger partial charge on any atom is -0.0835 e. The van der Waals surface area contributed by atoms with Crippen LogP contribution in [-0.4, -0.2) is 0 Å². The van der Waals surface area contributed by atoms with Gasteiger partial charge in [-0.2, -0.15) is 0 Å². The molecular weight excluding hydrogens is 420 g/mol. The van der Waals surface area contributed by atoms with E-state index in [0.717, 1.165) is 15.4 Å². The molecule has 0 radical (unpaired) electrons. The van der Waals surface area contributed by atoms with Crippen molar-refractivity contribution in [3.63, 3.8) is 0 Å². The molecule has 2 aromatic rings. The smallest absolute Gasteiger partial charge is 0.0446 e. The van der Waals surface area contributed by atoms with Gasteiger partial charge in [-0.1, -0.05) is 77.6 Å². The van der Waals surface area contributed by atoms with Crippen LogP contribution in [0.3, 0.4) is 0 Å². The van der Waals surface area contributed by atoms with E-state index in [1.54, 1.807) is 0 Å². The molecule has 1 unspecified atom stereocenters. The summed E-state index contributed by atoms with van der Waals surface area (Å²) in [5.41, 5.74) is 3.90. The van der Waals surface area contributed by atoms with Crippen LogP contribution in [0.5, 0.6) is 0 Å². The molecule has 0 aliphatic rings. The zero-order chi connectivity index (χ0) is 13.1. The summed E-state index contributed by atoms with van der Waals surface area (Å²) in [6.45, 7) is 2.12. The summed E-state index contributed by atoms with van der Waals surface area (Å²) in [6.07, 6.45) is 0.974. The van der Waals surface area contributed by atoms with Crippen LogP contribution >= 0.6 is 47.8 Å². The molecule has 0 fully saturated rings. The van der Waals surface area contributed by atoms with Gasteiger partial charge in [-0.3, -0.25) is 0 Å². The number of rotatable bonds is 3. The van der Waals surface area contributed by atoms with Crippen LogP contribution in [0.1, 0.15) is 21.5 Å². The Labute approximate surface area is 133 Å². The summed E-state index contributed by atoms with van der Waals surface area (Å²) in [6, 6.07) is 14.9. The summed E-state index contributed by atoms with van der Waals surface area (Å²) >= 11 is 10.9. The molecular formula is C15H13Br3. The van der Waals surface area contributed by atoms with E-state index in [9.17, 15) is 0 Å². The molecule has 94 valence electrons. The third-order valence-electron chi connectivity index (χ3n) is 2.79. The van der Waals surface area contributed by atoms with E-state index in [2.05, 4.69) is 97.2 Å². The third kappa shape index (κ3) is 3.69. The number of hydrogen-bond acceptors (Lipinski definition) is 0. The van der Waals surface area contributed by atoms with E-state index in [4.69, 9.17) is 0 Å². The number of aryl methyl sites for hydroxylation is 1. The molecule has 0 saturated carbocycles. The Morgan fingerprint density at radius 1 is 1.06 bits per heavy atom. The second kappa shape index (κ2) is 6.36. The highest BCUT2D eigenvalue weighted by Crippen LogP contribution is 2.33. The standard InChI is InChI=1S/C15H13Br3/c1-10-5-6-14(17)13(7-10)15(18)9-11-3-2-4-12(16)8-11/h2-8,15H,9H2,1H3. The minimum absolute atomic E-state index is 0.320. The van der Waals surface area contributed by atoms with Crippen LogP contribution in [0.2, 0.25) is 0 Å². The zero-order valence-corrected chi connectivity index (χ0v) is 14.7. The van der Waals surface area contributed by atoms with Crippen molar-refractivity contribution in [1.82, 2.24) is 0 Å². The van der Waals surface area contributed by atoms with Crippen LogP contribution in [0.4, 0.5) is 0 Å². The lowest BCUT2D eigenvalue weighted by Gasteiger charge is -2.13. The topological polar surface area (TPSA) is 0 Å². The molecule has 0 amide bonds. The largest absolute Gasteiger partial charge is 0.0835 e. The van der Waals surface area contributed by atoms with E-state index >= 15 is 0 Å². The van der Waals surface area contributed by atoms with Crippen molar-refractivity contribution in [3.8, 4) is 0 Å². The van der Waals surface area contributed by atoms with Crippen molar-refractivity contribution in [1.29, 1.82) is 0 Å². The lowest BCUT2D eigenvalue weighted by Crippen LogP contribution is -1.97. The van der Waals surface area contributed by atoms with Gasteiger partial charge < -0.3 is 0 Å². The maximum atomic E-state index is 3.79. The fourth-order valence-electron chi connectivity index (χ4n) is 1.88. The molecule has 0 heterocycles. The molecule has 0 N–H and O–H groups in total. The van der Waals surface area contributed by atoms with Gasteiger partial charge in [-0.25, -0.2) is 0 Å². The minimum atomic E-state index is 0.320. The molecule has 0 spiro atoms. The van der Waals surface area contributed by atoms with Crippen molar-refractivity contribution in [2.24, 2.45) is 0 Å². The van der Waals surface area contributed by atoms with Gasteiger partial charge in [0.25, 0.3) is 0 Å². The highest BCUT2D eigenvalue weighted by molar-refractivity contribution is 9.11. The Morgan fingerprint density at radius 2 is 1.83 bits per heavy atom. The Morgan fingerprint density at radius 3 is 2.56 bits per heavy atom. The number of benzene rings is 2. The molecule has 0 bridgehead atoms. The summed E-state index contributed by atoms with van der Waals surface area (Å²) < 4.78 is 2.29. The average Bonchev–Trinajstić information content (AvgIpc) is 2.32. The maximum absolute atomic E-state index is 3.79. The predicted molar refractivity (Wildman–Crippen MR) is 88.4 cm³/mol. The van der Waals surface area contributed by atoms with Crippen LogP contribution in [0, 0.1) is 6.92 Å². The van der Waals surface area contributed by atoms with Crippen molar-refractivity contribution in [2.75, 3.05) is 0 Å². The Hall–Kier alpha value is -0.120. The average molecular weight is 433 g/mol. The van der Waals surface area contributed by atoms with Crippen molar-refractivity contribution in [2.45, 2.75) is 18.2 Å². The van der Waals surface area contributed by atoms with Gasteiger partial charge in [0, 0.05) is 13.8 Å². The summed E-state index contributed by atoms with van der Waals surface area (Å²) in [5.74, 6) is 0. The van der Waals surface area contributed by atoms with Crippen LogP contribution in [0.25, 0.3) is 0 Å². The Bertz CT molecular complexity index is 549. The van der Waals surface area contributed by atoms with Gasteiger partial charge in [-0.05, 0) is 42.7 Å². The van der Waals surface area contributed by atoms with E-state index in [1.165, 1.54) is 16.7 Å². The summed E-state index contributed by atoms with van der Waals surface area (Å²) in [7, 11) is 0. The van der Waals surface area contributed by atoms with E-state index in [1.807, 2.05) is 0 Å². The fourth-order valence-corrected chi connectivity index (χ4v) is 3.91. The van der Waals surface area contributed by atoms with Crippen molar-refractivity contribution < 1.29 is 0 Å². The first kappa shape index (κ1) is 14.3. The summed E-state index contributed by atoms with van der Waals surface area (Å²) in [4.78, 5) is 0.320. The first-order chi connectivity index (χ1) is 8.56. The van der Waals surface area contributed by atoms with E-state index < -0.39 is 0 Å². The highest BCUT2D eigenvalue weighted by Gasteiger charge is 2.12. The Kier molecular flexibility index (Phi) is 5.05. The summed E-state index contributed by atoms with van der Waals surface area (Å²) in [5, 5.41) is 0. The first-order valence-electron chi connectivity index (χ1n) is 5.71. The van der Waals surface area contributed by atoms with Crippen molar-refractivity contribution in [3.05, 3.63) is 68.1 Å². The van der Waals surface area contributed by atoms with Crippen LogP contribution < -0.4 is 0 Å². The molecule has 0 aromatic heterocycles. The monoisotopic (exact) mass is 430 g/mol. The molecule has 2 aromatic carbocycles. The molecule has 0 saturated heterocycles. The maximum Gasteiger partial charge on any atom is 0.0446 e. The second-order valence-electron chi connectivity index (χ2n) is 4.33. The van der Waals surface area contributed by atoms with Crippen molar-refractivity contribution >= 4 is 47.8 Å². The SMILES string of the molecule is Cc1ccc(Br)c(C(Br)Cc2cccc(Br)c2)c1. The van der Waals surface area contributed by atoms with Gasteiger partial charge in [0.15, 0.2) is 0 Å². The lowest BCUT2D eigenvalue weighted by molar-refractivity contribution is 0.940. The lowest BCUT2D eigenvalue weighted by atomic mass is 10.0. The quantitative estimate of drug-likeness (QED) is 0.506. The second-order valence-corrected chi connectivity index (χ2v) is 7.20. The van der Waals surface area contributed by atoms with Gasteiger partial charge in [0.05, 0.1) is 0 Å². The molecule has 18 heavy (non-hydrogen) atoms. The fraction of sp³-hybridized carbons (Fsp3) is 0.200. The van der Waals surface area contributed by atoms with Gasteiger partial charge >= 0.3 is 0 Å². The predicted octanol–water partition coefficient (Wildman–Crippen LogP) is 6.20. The normalized spacial score (nSPS) is 12.4. The Balaban J connectivity index is 2.21. The number of hydrogen-bond donors (Lipinski definition) is 0. The molecule has 0 nitrogen and oxygen atoms in total. The zero-order valence-electron chi connectivity index (χ0n) is 9.96. The molecule has 0 aliphatic carbocycles. The molecule has 0 aliphatic heterocycles. The van der Waals surface area contributed by atoms with Crippen LogP contribution in [-0.2, 0) is 6.42 Å². The number of halogens is 3. The van der Waals surface area contributed by atoms with Gasteiger partial charge in [-0.15, -0.1) is 0 Å². The third-order valence-corrected chi connectivity index (χ3v) is 4.83.